The molecule has 1 aliphatic rings. The predicted octanol–water partition coefficient (Wildman–Crippen LogP) is 1.49. The van der Waals surface area contributed by atoms with Gasteiger partial charge in [-0.15, -0.1) is 0 Å². The van der Waals surface area contributed by atoms with E-state index in [0.29, 0.717) is 0 Å². The van der Waals surface area contributed by atoms with E-state index in [9.17, 15) is 0 Å². The Kier molecular flexibility index (Phi) is 3.16. The number of aliphatic hydroxyl groups is 1. The van der Waals surface area contributed by atoms with Crippen LogP contribution in [-0.2, 0) is 4.74 Å². The van der Waals surface area contributed by atoms with Crippen molar-refractivity contribution in [2.24, 2.45) is 0 Å². The molecule has 0 saturated heterocycles. The van der Waals surface area contributed by atoms with Gasteiger partial charge in [-0.1, -0.05) is 19.3 Å². The van der Waals surface area contributed by atoms with Gasteiger partial charge in [0.05, 0.1) is 6.10 Å². The Morgan fingerprint density at radius 1 is 1.30 bits per heavy atom. The van der Waals surface area contributed by atoms with Crippen LogP contribution in [0.25, 0.3) is 0 Å². The third-order valence-electron chi connectivity index (χ3n) is 1.90. The molecular formula is C8H15O2. The van der Waals surface area contributed by atoms with Crippen molar-refractivity contribution in [3.63, 3.8) is 0 Å². The first-order chi connectivity index (χ1) is 4.79. The number of ether oxygens (including phenoxy) is 1. The van der Waals surface area contributed by atoms with E-state index in [1.165, 1.54) is 19.3 Å². The van der Waals surface area contributed by atoms with Crippen molar-refractivity contribution in [1.29, 1.82) is 0 Å². The van der Waals surface area contributed by atoms with Crippen molar-refractivity contribution in [3.05, 3.63) is 6.92 Å². The van der Waals surface area contributed by atoms with Gasteiger partial charge in [0.1, 0.15) is 0 Å². The zero-order valence-corrected chi connectivity index (χ0v) is 6.25. The Labute approximate surface area is 62.2 Å². The van der Waals surface area contributed by atoms with E-state index in [1.54, 1.807) is 0 Å². The van der Waals surface area contributed by atoms with Crippen molar-refractivity contribution in [1.82, 2.24) is 0 Å². The molecule has 1 aliphatic carbocycles. The molecule has 0 aromatic carbocycles. The zero-order valence-electron chi connectivity index (χ0n) is 6.25. The van der Waals surface area contributed by atoms with Gasteiger partial charge in [0, 0.05) is 6.92 Å². The molecule has 1 N–H and O–H groups in total. The topological polar surface area (TPSA) is 29.5 Å². The Bertz CT molecular complexity index is 85.3. The summed E-state index contributed by atoms with van der Waals surface area (Å²) in [5.41, 5.74) is 0. The van der Waals surface area contributed by atoms with E-state index in [-0.39, 0.29) is 6.10 Å². The molecule has 0 aliphatic heterocycles. The molecule has 1 saturated carbocycles. The summed E-state index contributed by atoms with van der Waals surface area (Å²) in [5.74, 6) is 0. The first kappa shape index (κ1) is 8.02. The summed E-state index contributed by atoms with van der Waals surface area (Å²) < 4.78 is 5.14. The molecular weight excluding hydrogens is 128 g/mol. The molecule has 1 fully saturated rings. The Morgan fingerprint density at radius 3 is 2.40 bits per heavy atom. The first-order valence-electron chi connectivity index (χ1n) is 3.95. The van der Waals surface area contributed by atoms with E-state index in [0.717, 1.165) is 12.8 Å². The summed E-state index contributed by atoms with van der Waals surface area (Å²) >= 11 is 0. The van der Waals surface area contributed by atoms with Crippen molar-refractivity contribution in [2.75, 3.05) is 0 Å². The van der Waals surface area contributed by atoms with Gasteiger partial charge < -0.3 is 9.84 Å². The maximum Gasteiger partial charge on any atom is 0.155 e. The van der Waals surface area contributed by atoms with E-state index < -0.39 is 6.29 Å². The van der Waals surface area contributed by atoms with E-state index in [4.69, 9.17) is 9.84 Å². The second-order valence-corrected chi connectivity index (χ2v) is 2.85. The minimum atomic E-state index is -0.830. The van der Waals surface area contributed by atoms with Crippen molar-refractivity contribution >= 4 is 0 Å². The lowest BCUT2D eigenvalue weighted by Crippen LogP contribution is -2.21. The highest BCUT2D eigenvalue weighted by atomic mass is 16.6. The highest BCUT2D eigenvalue weighted by molar-refractivity contribution is 4.65. The van der Waals surface area contributed by atoms with Gasteiger partial charge in [-0.05, 0) is 12.8 Å². The average Bonchev–Trinajstić information content (AvgIpc) is 1.88. The highest BCUT2D eigenvalue weighted by Gasteiger charge is 2.14. The van der Waals surface area contributed by atoms with E-state index in [2.05, 4.69) is 6.92 Å². The molecule has 1 unspecified atom stereocenters. The Hall–Kier alpha value is -0.0800. The fourth-order valence-corrected chi connectivity index (χ4v) is 1.42. The van der Waals surface area contributed by atoms with E-state index >= 15 is 0 Å². The predicted molar refractivity (Wildman–Crippen MR) is 39.3 cm³/mol. The highest BCUT2D eigenvalue weighted by Crippen LogP contribution is 2.20. The smallest absolute Gasteiger partial charge is 0.155 e. The number of hydrogen-bond acceptors (Lipinski definition) is 2. The van der Waals surface area contributed by atoms with Crippen LogP contribution in [0.3, 0.4) is 0 Å². The minimum Gasteiger partial charge on any atom is -0.368 e. The fourth-order valence-electron chi connectivity index (χ4n) is 1.42. The number of hydrogen-bond donors (Lipinski definition) is 1. The minimum absolute atomic E-state index is 0.265. The van der Waals surface area contributed by atoms with Gasteiger partial charge >= 0.3 is 0 Å². The first-order valence-corrected chi connectivity index (χ1v) is 3.95. The lowest BCUT2D eigenvalue weighted by atomic mass is 9.98. The van der Waals surface area contributed by atoms with Crippen molar-refractivity contribution < 1.29 is 9.84 Å². The molecule has 10 heavy (non-hydrogen) atoms. The van der Waals surface area contributed by atoms with Crippen molar-refractivity contribution in [2.45, 2.75) is 44.5 Å². The average molecular weight is 143 g/mol. The third kappa shape index (κ3) is 2.67. The molecule has 0 spiro atoms. The number of rotatable bonds is 2. The SMILES string of the molecule is [CH2]C(O)OC1CCCCC1. The molecule has 0 bridgehead atoms. The standard InChI is InChI=1S/C8H15O2/c1-7(9)10-8-5-3-2-4-6-8/h7-9H,1-6H2. The normalized spacial score (nSPS) is 24.6. The van der Waals surface area contributed by atoms with Gasteiger partial charge in [0.2, 0.25) is 0 Å². The Morgan fingerprint density at radius 2 is 1.90 bits per heavy atom. The monoisotopic (exact) mass is 143 g/mol. The van der Waals surface area contributed by atoms with Gasteiger partial charge in [0.15, 0.2) is 6.29 Å². The molecule has 1 atom stereocenters. The molecule has 0 aromatic heterocycles. The third-order valence-corrected chi connectivity index (χ3v) is 1.90. The van der Waals surface area contributed by atoms with Crippen LogP contribution in [0.2, 0.25) is 0 Å². The molecule has 1 rings (SSSR count). The van der Waals surface area contributed by atoms with Crippen molar-refractivity contribution in [3.8, 4) is 0 Å². The quantitative estimate of drug-likeness (QED) is 0.593. The van der Waals surface area contributed by atoms with Crippen LogP contribution in [0, 0.1) is 6.92 Å². The van der Waals surface area contributed by atoms with Gasteiger partial charge in [-0.2, -0.15) is 0 Å². The summed E-state index contributed by atoms with van der Waals surface area (Å²) in [6.07, 6.45) is 5.39. The lowest BCUT2D eigenvalue weighted by molar-refractivity contribution is -0.116. The van der Waals surface area contributed by atoms with Crippen LogP contribution in [0.15, 0.2) is 0 Å². The summed E-state index contributed by atoms with van der Waals surface area (Å²) in [4.78, 5) is 0. The summed E-state index contributed by atoms with van der Waals surface area (Å²) in [7, 11) is 0. The molecule has 0 heterocycles. The van der Waals surface area contributed by atoms with Gasteiger partial charge in [-0.3, -0.25) is 0 Å². The molecule has 0 amide bonds. The summed E-state index contributed by atoms with van der Waals surface area (Å²) in [6, 6.07) is 0. The molecule has 0 aromatic rings. The molecule has 59 valence electrons. The Balaban J connectivity index is 2.13. The van der Waals surface area contributed by atoms with Crippen LogP contribution in [0.4, 0.5) is 0 Å². The maximum atomic E-state index is 8.77. The molecule has 2 nitrogen and oxygen atoms in total. The second kappa shape index (κ2) is 3.94. The van der Waals surface area contributed by atoms with Crippen LogP contribution in [-0.4, -0.2) is 17.5 Å². The molecule has 1 radical (unpaired) electrons. The van der Waals surface area contributed by atoms with Crippen LogP contribution >= 0.6 is 0 Å². The number of aliphatic hydroxyl groups excluding tert-OH is 1. The van der Waals surface area contributed by atoms with Crippen LogP contribution in [0.1, 0.15) is 32.1 Å². The summed E-state index contributed by atoms with van der Waals surface area (Å²) in [6.45, 7) is 3.37. The largest absolute Gasteiger partial charge is 0.368 e. The van der Waals surface area contributed by atoms with Gasteiger partial charge in [-0.25, -0.2) is 0 Å². The summed E-state index contributed by atoms with van der Waals surface area (Å²) in [5, 5.41) is 8.77. The maximum absolute atomic E-state index is 8.77. The van der Waals surface area contributed by atoms with Crippen LogP contribution < -0.4 is 0 Å². The van der Waals surface area contributed by atoms with Crippen LogP contribution in [0.5, 0.6) is 0 Å². The molecule has 2 heteroatoms. The fraction of sp³-hybridized carbons (Fsp3) is 0.875. The zero-order chi connectivity index (χ0) is 7.40. The second-order valence-electron chi connectivity index (χ2n) is 2.85. The van der Waals surface area contributed by atoms with E-state index in [1.807, 2.05) is 0 Å². The lowest BCUT2D eigenvalue weighted by Gasteiger charge is -2.23. The van der Waals surface area contributed by atoms with Gasteiger partial charge in [0.25, 0.3) is 0 Å².